The highest BCUT2D eigenvalue weighted by Crippen LogP contribution is 2.39. The molecule has 0 radical (unpaired) electrons. The van der Waals surface area contributed by atoms with E-state index in [-0.39, 0.29) is 0 Å². The van der Waals surface area contributed by atoms with Crippen molar-refractivity contribution in [3.05, 3.63) is 132 Å². The lowest BCUT2D eigenvalue weighted by atomic mass is 10.1. The normalized spacial score (nSPS) is 12.0. The van der Waals surface area contributed by atoms with Crippen molar-refractivity contribution in [2.45, 2.75) is 0 Å². The Morgan fingerprint density at radius 2 is 1.03 bits per heavy atom. The van der Waals surface area contributed by atoms with Crippen LogP contribution in [0.15, 0.2) is 121 Å². The molecule has 3 heterocycles. The number of rotatable bonds is 3. The van der Waals surface area contributed by atoms with Crippen LogP contribution in [0.4, 0.5) is 0 Å². The van der Waals surface area contributed by atoms with E-state index in [1.54, 1.807) is 0 Å². The first-order valence-electron chi connectivity index (χ1n) is 13.1. The number of hydrogen-bond acceptors (Lipinski definition) is 3. The number of aromatic nitrogens is 4. The Morgan fingerprint density at radius 1 is 0.436 bits per heavy atom. The minimum atomic E-state index is 0.653. The van der Waals surface area contributed by atoms with Crippen LogP contribution in [0.3, 0.4) is 0 Å². The van der Waals surface area contributed by atoms with Gasteiger partial charge in [0.1, 0.15) is 0 Å². The lowest BCUT2D eigenvalue weighted by Gasteiger charge is -2.13. The second-order valence-corrected chi connectivity index (χ2v) is 9.74. The zero-order valence-corrected chi connectivity index (χ0v) is 21.0. The highest BCUT2D eigenvalue weighted by atomic mass is 15.0. The minimum absolute atomic E-state index is 0.653. The molecule has 0 N–H and O–H groups in total. The van der Waals surface area contributed by atoms with E-state index in [1.165, 1.54) is 27.4 Å². The number of hydrogen-bond donors (Lipinski definition) is 0. The van der Waals surface area contributed by atoms with E-state index in [2.05, 4.69) is 77.4 Å². The van der Waals surface area contributed by atoms with Crippen LogP contribution in [-0.2, 0) is 0 Å². The largest absolute Gasteiger partial charge is 0.308 e. The summed E-state index contributed by atoms with van der Waals surface area (Å²) >= 11 is 0. The van der Waals surface area contributed by atoms with Gasteiger partial charge in [-0.25, -0.2) is 15.0 Å². The first kappa shape index (κ1) is 21.7. The topological polar surface area (TPSA) is 43.6 Å². The molecule has 0 spiro atoms. The fourth-order valence-electron chi connectivity index (χ4n) is 5.56. The maximum atomic E-state index is 4.97. The molecule has 182 valence electrons. The van der Waals surface area contributed by atoms with E-state index in [0.29, 0.717) is 17.5 Å². The van der Waals surface area contributed by atoms with Gasteiger partial charge in [0.15, 0.2) is 17.5 Å². The third-order valence-corrected chi connectivity index (χ3v) is 7.40. The highest BCUT2D eigenvalue weighted by Gasteiger charge is 2.20. The van der Waals surface area contributed by atoms with Gasteiger partial charge in [-0.3, -0.25) is 0 Å². The Kier molecular flexibility index (Phi) is 4.79. The van der Waals surface area contributed by atoms with Crippen molar-refractivity contribution in [1.82, 2.24) is 19.5 Å². The maximum Gasteiger partial charge on any atom is 0.164 e. The van der Waals surface area contributed by atoms with Gasteiger partial charge in [-0.15, -0.1) is 0 Å². The quantitative estimate of drug-likeness (QED) is 0.245. The van der Waals surface area contributed by atoms with Crippen LogP contribution >= 0.6 is 0 Å². The number of para-hydroxylation sites is 2. The summed E-state index contributed by atoms with van der Waals surface area (Å²) in [5.41, 5.74) is 8.75. The first-order valence-corrected chi connectivity index (χ1v) is 13.1. The second-order valence-electron chi connectivity index (χ2n) is 9.74. The van der Waals surface area contributed by atoms with Crippen molar-refractivity contribution in [1.29, 1.82) is 0 Å². The number of benzene rings is 5. The standard InChI is InChI=1S/C35H22N4/c1-3-10-25(11-4-1)33-36-34(26-12-5-2-6-13-26)38-35(37-33)27-21-19-23-18-20-24-14-9-16-29-28-15-7-8-17-30(28)39(32(24)29)31(23)22-27/h1-22H. The highest BCUT2D eigenvalue weighted by molar-refractivity contribution is 6.13. The maximum absolute atomic E-state index is 4.97. The molecule has 0 aliphatic carbocycles. The Bertz CT molecular complexity index is 2000. The molecule has 5 aromatic carbocycles. The van der Waals surface area contributed by atoms with E-state index in [1.807, 2.05) is 60.7 Å². The summed E-state index contributed by atoms with van der Waals surface area (Å²) in [4.78, 5) is 14.8. The molecule has 4 nitrogen and oxygen atoms in total. The number of fused-ring (bicyclic) bond motifs is 5. The molecule has 0 atom stereocenters. The fraction of sp³-hybridized carbons (Fsp3) is 0. The average molecular weight is 499 g/mol. The molecule has 0 unspecified atom stereocenters. The zero-order chi connectivity index (χ0) is 25.8. The van der Waals surface area contributed by atoms with Gasteiger partial charge in [0.2, 0.25) is 0 Å². The molecule has 0 bridgehead atoms. The summed E-state index contributed by atoms with van der Waals surface area (Å²) in [6, 6.07) is 41.8. The van der Waals surface area contributed by atoms with E-state index in [0.717, 1.165) is 27.9 Å². The Morgan fingerprint density at radius 3 is 1.74 bits per heavy atom. The SMILES string of the molecule is C1=Cc2cccc3c4ccccc4n(c23)-c2cc(-c3nc(-c4ccccc4)nc(-c4ccccc4)n3)ccc21. The predicted molar refractivity (Wildman–Crippen MR) is 159 cm³/mol. The zero-order valence-electron chi connectivity index (χ0n) is 21.0. The molecule has 7 aromatic rings. The summed E-state index contributed by atoms with van der Waals surface area (Å²) in [5.74, 6) is 1.97. The van der Waals surface area contributed by atoms with Gasteiger partial charge in [-0.05, 0) is 23.3 Å². The summed E-state index contributed by atoms with van der Waals surface area (Å²) in [7, 11) is 0. The van der Waals surface area contributed by atoms with E-state index in [4.69, 9.17) is 15.0 Å². The van der Waals surface area contributed by atoms with E-state index in [9.17, 15) is 0 Å². The van der Waals surface area contributed by atoms with Crippen molar-refractivity contribution in [3.8, 4) is 39.9 Å². The molecule has 1 aliphatic heterocycles. The van der Waals surface area contributed by atoms with Crippen LogP contribution in [0.5, 0.6) is 0 Å². The van der Waals surface area contributed by atoms with Crippen LogP contribution in [0.2, 0.25) is 0 Å². The fourth-order valence-corrected chi connectivity index (χ4v) is 5.56. The summed E-state index contributed by atoms with van der Waals surface area (Å²) in [6.07, 6.45) is 4.42. The molecule has 1 aliphatic rings. The van der Waals surface area contributed by atoms with Crippen molar-refractivity contribution in [3.63, 3.8) is 0 Å². The Hall–Kier alpha value is -5.35. The molecule has 0 saturated carbocycles. The van der Waals surface area contributed by atoms with E-state index >= 15 is 0 Å². The predicted octanol–water partition coefficient (Wildman–Crippen LogP) is 8.45. The molecule has 4 heteroatoms. The van der Waals surface area contributed by atoms with Crippen molar-refractivity contribution < 1.29 is 0 Å². The van der Waals surface area contributed by atoms with Gasteiger partial charge in [-0.2, -0.15) is 0 Å². The summed E-state index contributed by atoms with van der Waals surface area (Å²) < 4.78 is 2.39. The van der Waals surface area contributed by atoms with Crippen LogP contribution < -0.4 is 0 Å². The summed E-state index contributed by atoms with van der Waals surface area (Å²) in [6.45, 7) is 0. The van der Waals surface area contributed by atoms with Gasteiger partial charge in [-0.1, -0.05) is 121 Å². The lowest BCUT2D eigenvalue weighted by Crippen LogP contribution is -2.02. The molecule has 0 amide bonds. The molecular weight excluding hydrogens is 476 g/mol. The van der Waals surface area contributed by atoms with Crippen molar-refractivity contribution >= 4 is 34.0 Å². The average Bonchev–Trinajstić information content (AvgIpc) is 3.25. The van der Waals surface area contributed by atoms with Gasteiger partial charge in [0.05, 0.1) is 16.7 Å². The third kappa shape index (κ3) is 3.50. The Labute approximate surface area is 225 Å². The molecule has 0 fully saturated rings. The molecule has 8 rings (SSSR count). The van der Waals surface area contributed by atoms with Gasteiger partial charge >= 0.3 is 0 Å². The van der Waals surface area contributed by atoms with Crippen LogP contribution in [-0.4, -0.2) is 19.5 Å². The van der Waals surface area contributed by atoms with Crippen molar-refractivity contribution in [2.75, 3.05) is 0 Å². The minimum Gasteiger partial charge on any atom is -0.308 e. The second kappa shape index (κ2) is 8.61. The van der Waals surface area contributed by atoms with Gasteiger partial charge in [0, 0.05) is 27.5 Å². The summed E-state index contributed by atoms with van der Waals surface area (Å²) in [5, 5.41) is 2.50. The van der Waals surface area contributed by atoms with E-state index < -0.39 is 0 Å². The molecular formula is C35H22N4. The van der Waals surface area contributed by atoms with Gasteiger partial charge < -0.3 is 4.57 Å². The monoisotopic (exact) mass is 498 g/mol. The third-order valence-electron chi connectivity index (χ3n) is 7.40. The molecule has 0 saturated heterocycles. The van der Waals surface area contributed by atoms with Crippen LogP contribution in [0.1, 0.15) is 11.1 Å². The first-order chi connectivity index (χ1) is 19.3. The molecule has 2 aromatic heterocycles. The van der Waals surface area contributed by atoms with Crippen LogP contribution in [0, 0.1) is 0 Å². The van der Waals surface area contributed by atoms with Gasteiger partial charge in [0.25, 0.3) is 0 Å². The van der Waals surface area contributed by atoms with Crippen molar-refractivity contribution in [2.24, 2.45) is 0 Å². The lowest BCUT2D eigenvalue weighted by molar-refractivity contribution is 1.07. The molecule has 39 heavy (non-hydrogen) atoms. The van der Waals surface area contributed by atoms with Crippen LogP contribution in [0.25, 0.3) is 73.8 Å². The Balaban J connectivity index is 1.39. The number of nitrogens with zero attached hydrogens (tertiary/aromatic N) is 4. The smallest absolute Gasteiger partial charge is 0.164 e.